The summed E-state index contributed by atoms with van der Waals surface area (Å²) in [5.41, 5.74) is 7.97. The second-order valence-electron chi connectivity index (χ2n) is 4.44. The molecule has 6 heteroatoms. The first-order valence-electron chi connectivity index (χ1n) is 6.26. The van der Waals surface area contributed by atoms with Gasteiger partial charge < -0.3 is 10.6 Å². The number of hydrogen-bond donors (Lipinski definition) is 2. The molecule has 0 fully saturated rings. The fraction of sp³-hybridized carbons (Fsp3) is 0.286. The molecule has 3 N–H and O–H groups in total. The minimum Gasteiger partial charge on any atom is -0.332 e. The molecular formula is C14H19ClN4O. The molecule has 0 atom stereocenters. The quantitative estimate of drug-likeness (QED) is 0.882. The molecule has 0 bridgehead atoms. The lowest BCUT2D eigenvalue weighted by atomic mass is 10.2. The maximum absolute atomic E-state index is 12.3. The number of halogens is 1. The molecule has 0 aliphatic carbocycles. The number of H-pyrrole nitrogens is 1. The van der Waals surface area contributed by atoms with E-state index >= 15 is 0 Å². The number of nitrogens with zero attached hydrogens (tertiary/aromatic N) is 2. The Kier molecular flexibility index (Phi) is 6.21. The third-order valence-electron chi connectivity index (χ3n) is 2.83. The van der Waals surface area contributed by atoms with E-state index in [1.807, 2.05) is 37.3 Å². The molecule has 2 rings (SSSR count). The molecule has 1 heterocycles. The fourth-order valence-electron chi connectivity index (χ4n) is 1.90. The topological polar surface area (TPSA) is 75.0 Å². The van der Waals surface area contributed by atoms with Crippen molar-refractivity contribution in [1.82, 2.24) is 15.1 Å². The van der Waals surface area contributed by atoms with E-state index in [9.17, 15) is 4.79 Å². The first-order valence-corrected chi connectivity index (χ1v) is 6.26. The van der Waals surface area contributed by atoms with Crippen molar-refractivity contribution in [1.29, 1.82) is 0 Å². The summed E-state index contributed by atoms with van der Waals surface area (Å²) < 4.78 is 0. The lowest BCUT2D eigenvalue weighted by Gasteiger charge is -2.21. The summed E-state index contributed by atoms with van der Waals surface area (Å²) in [5.74, 6) is -0.0985. The van der Waals surface area contributed by atoms with Crippen molar-refractivity contribution >= 4 is 18.3 Å². The van der Waals surface area contributed by atoms with Crippen LogP contribution in [0.15, 0.2) is 36.4 Å². The molecule has 1 aromatic heterocycles. The number of nitrogens with two attached hydrogens (primary N) is 1. The van der Waals surface area contributed by atoms with E-state index in [0.717, 1.165) is 11.3 Å². The van der Waals surface area contributed by atoms with E-state index < -0.39 is 0 Å². The van der Waals surface area contributed by atoms with Gasteiger partial charge in [-0.15, -0.1) is 12.4 Å². The minimum absolute atomic E-state index is 0. The van der Waals surface area contributed by atoms with Crippen LogP contribution in [0.2, 0.25) is 0 Å². The van der Waals surface area contributed by atoms with Crippen LogP contribution in [0.4, 0.5) is 0 Å². The number of aromatic nitrogens is 2. The fourth-order valence-corrected chi connectivity index (χ4v) is 1.90. The number of rotatable bonds is 5. The van der Waals surface area contributed by atoms with E-state index in [4.69, 9.17) is 5.73 Å². The van der Waals surface area contributed by atoms with Crippen LogP contribution in [0, 0.1) is 6.92 Å². The standard InChI is InChI=1S/C14H18N4O.ClH/c1-11-9-13(17-16-11)14(19)18(8-7-15)10-12-5-3-2-4-6-12;/h2-6,9H,7-8,10,15H2,1H3,(H,16,17);1H. The monoisotopic (exact) mass is 294 g/mol. The third kappa shape index (κ3) is 4.08. The van der Waals surface area contributed by atoms with Gasteiger partial charge in [0.1, 0.15) is 5.69 Å². The second kappa shape index (κ2) is 7.67. The number of aryl methyl sites for hydroxylation is 1. The van der Waals surface area contributed by atoms with Gasteiger partial charge in [0.05, 0.1) is 0 Å². The van der Waals surface area contributed by atoms with Gasteiger partial charge in [-0.05, 0) is 18.6 Å². The highest BCUT2D eigenvalue weighted by atomic mass is 35.5. The van der Waals surface area contributed by atoms with Crippen molar-refractivity contribution in [3.05, 3.63) is 53.3 Å². The number of carbonyl (C=O) groups is 1. The van der Waals surface area contributed by atoms with Crippen LogP contribution in [-0.2, 0) is 6.54 Å². The largest absolute Gasteiger partial charge is 0.332 e. The molecular weight excluding hydrogens is 276 g/mol. The van der Waals surface area contributed by atoms with Crippen LogP contribution in [-0.4, -0.2) is 34.1 Å². The molecule has 2 aromatic rings. The van der Waals surface area contributed by atoms with Gasteiger partial charge in [0.2, 0.25) is 0 Å². The molecule has 0 saturated carbocycles. The summed E-state index contributed by atoms with van der Waals surface area (Å²) in [4.78, 5) is 14.1. The van der Waals surface area contributed by atoms with Crippen molar-refractivity contribution < 1.29 is 4.79 Å². The molecule has 20 heavy (non-hydrogen) atoms. The van der Waals surface area contributed by atoms with Crippen molar-refractivity contribution in [3.8, 4) is 0 Å². The van der Waals surface area contributed by atoms with Gasteiger partial charge in [0.25, 0.3) is 5.91 Å². The number of carbonyl (C=O) groups excluding carboxylic acids is 1. The Labute approximate surface area is 124 Å². The maximum Gasteiger partial charge on any atom is 0.274 e. The summed E-state index contributed by atoms with van der Waals surface area (Å²) in [6.07, 6.45) is 0. The van der Waals surface area contributed by atoms with Gasteiger partial charge in [0.15, 0.2) is 0 Å². The average Bonchev–Trinajstić information content (AvgIpc) is 2.85. The van der Waals surface area contributed by atoms with Crippen LogP contribution in [0.25, 0.3) is 0 Å². The van der Waals surface area contributed by atoms with Gasteiger partial charge in [0, 0.05) is 25.3 Å². The van der Waals surface area contributed by atoms with Crippen LogP contribution >= 0.6 is 12.4 Å². The molecule has 0 aliphatic rings. The predicted molar refractivity (Wildman–Crippen MR) is 80.8 cm³/mol. The lowest BCUT2D eigenvalue weighted by Crippen LogP contribution is -2.35. The second-order valence-corrected chi connectivity index (χ2v) is 4.44. The third-order valence-corrected chi connectivity index (χ3v) is 2.83. The molecule has 1 amide bonds. The molecule has 5 nitrogen and oxygen atoms in total. The van der Waals surface area contributed by atoms with Gasteiger partial charge >= 0.3 is 0 Å². The Balaban J connectivity index is 0.00000200. The summed E-state index contributed by atoms with van der Waals surface area (Å²) in [6, 6.07) is 11.6. The van der Waals surface area contributed by atoms with Crippen LogP contribution in [0.1, 0.15) is 21.7 Å². The van der Waals surface area contributed by atoms with Gasteiger partial charge in [-0.2, -0.15) is 5.10 Å². The van der Waals surface area contributed by atoms with E-state index in [1.165, 1.54) is 0 Å². The van der Waals surface area contributed by atoms with Crippen molar-refractivity contribution in [2.45, 2.75) is 13.5 Å². The first-order chi connectivity index (χ1) is 9.20. The van der Waals surface area contributed by atoms with E-state index in [-0.39, 0.29) is 18.3 Å². The Hall–Kier alpha value is -1.85. The van der Waals surface area contributed by atoms with Crippen LogP contribution in [0.5, 0.6) is 0 Å². The summed E-state index contributed by atoms with van der Waals surface area (Å²) in [6.45, 7) is 3.36. The zero-order valence-corrected chi connectivity index (χ0v) is 12.2. The molecule has 0 spiro atoms. The highest BCUT2D eigenvalue weighted by molar-refractivity contribution is 5.92. The average molecular weight is 295 g/mol. The lowest BCUT2D eigenvalue weighted by molar-refractivity contribution is 0.0742. The smallest absolute Gasteiger partial charge is 0.274 e. The van der Waals surface area contributed by atoms with Crippen molar-refractivity contribution in [2.75, 3.05) is 13.1 Å². The van der Waals surface area contributed by atoms with E-state index in [1.54, 1.807) is 11.0 Å². The van der Waals surface area contributed by atoms with Gasteiger partial charge in [-0.1, -0.05) is 30.3 Å². The van der Waals surface area contributed by atoms with E-state index in [2.05, 4.69) is 10.2 Å². The minimum atomic E-state index is -0.0985. The van der Waals surface area contributed by atoms with E-state index in [0.29, 0.717) is 25.3 Å². The van der Waals surface area contributed by atoms with Crippen LogP contribution < -0.4 is 5.73 Å². The molecule has 108 valence electrons. The first kappa shape index (κ1) is 16.2. The Morgan fingerprint density at radius 1 is 1.35 bits per heavy atom. The van der Waals surface area contributed by atoms with Crippen LogP contribution in [0.3, 0.4) is 0 Å². The normalized spacial score (nSPS) is 9.90. The Bertz CT molecular complexity index is 541. The number of nitrogens with one attached hydrogen (secondary N) is 1. The Morgan fingerprint density at radius 3 is 2.60 bits per heavy atom. The summed E-state index contributed by atoms with van der Waals surface area (Å²) >= 11 is 0. The molecule has 0 unspecified atom stereocenters. The van der Waals surface area contributed by atoms with Gasteiger partial charge in [-0.3, -0.25) is 9.89 Å². The number of hydrogen-bond acceptors (Lipinski definition) is 3. The molecule has 0 radical (unpaired) electrons. The number of aromatic amines is 1. The Morgan fingerprint density at radius 2 is 2.05 bits per heavy atom. The highest BCUT2D eigenvalue weighted by Crippen LogP contribution is 2.09. The molecule has 1 aromatic carbocycles. The molecule has 0 saturated heterocycles. The number of amides is 1. The van der Waals surface area contributed by atoms with Crippen molar-refractivity contribution in [2.24, 2.45) is 5.73 Å². The van der Waals surface area contributed by atoms with Gasteiger partial charge in [-0.25, -0.2) is 0 Å². The zero-order valence-electron chi connectivity index (χ0n) is 11.4. The zero-order chi connectivity index (χ0) is 13.7. The highest BCUT2D eigenvalue weighted by Gasteiger charge is 2.17. The van der Waals surface area contributed by atoms with Crippen molar-refractivity contribution in [3.63, 3.8) is 0 Å². The molecule has 0 aliphatic heterocycles. The SMILES string of the molecule is Cc1cc(C(=O)N(CCN)Cc2ccccc2)n[nH]1.Cl. The number of benzene rings is 1. The summed E-state index contributed by atoms with van der Waals surface area (Å²) in [5, 5.41) is 6.79. The summed E-state index contributed by atoms with van der Waals surface area (Å²) in [7, 11) is 0. The predicted octanol–water partition coefficient (Wildman–Crippen LogP) is 1.74. The maximum atomic E-state index is 12.3.